The maximum atomic E-state index is 12.9. The summed E-state index contributed by atoms with van der Waals surface area (Å²) in [5.41, 5.74) is 1.86. The minimum atomic E-state index is -0.942. The van der Waals surface area contributed by atoms with Crippen LogP contribution in [0.3, 0.4) is 0 Å². The summed E-state index contributed by atoms with van der Waals surface area (Å²) < 4.78 is 0. The molecule has 4 aromatic heterocycles. The first-order valence-corrected chi connectivity index (χ1v) is 23.7. The number of thiazole rings is 2. The van der Waals surface area contributed by atoms with Gasteiger partial charge >= 0.3 is 23.6 Å². The van der Waals surface area contributed by atoms with Crippen molar-refractivity contribution in [1.82, 2.24) is 60.8 Å². The minimum Gasteiger partial charge on any atom is -0.344 e. The molecule has 4 aliphatic rings. The van der Waals surface area contributed by atoms with Gasteiger partial charge in [-0.05, 0) is 38.4 Å². The highest BCUT2D eigenvalue weighted by Gasteiger charge is 2.38. The van der Waals surface area contributed by atoms with Crippen molar-refractivity contribution in [2.75, 3.05) is 65.0 Å². The summed E-state index contributed by atoms with van der Waals surface area (Å²) in [6.07, 6.45) is 4.13. The Morgan fingerprint density at radius 3 is 1.34 bits per heavy atom. The monoisotopic (exact) mass is 1010 g/mol. The van der Waals surface area contributed by atoms with Crippen molar-refractivity contribution >= 4 is 105 Å². The number of amides is 8. The number of hydrogen-bond acceptors (Lipinski definition) is 16. The fourth-order valence-corrected chi connectivity index (χ4v) is 10.0. The summed E-state index contributed by atoms with van der Waals surface area (Å²) in [6, 6.07) is 3.26. The average molecular weight is 1010 g/mol. The number of carbonyl (C=O) groups is 8. The van der Waals surface area contributed by atoms with Crippen LogP contribution in [-0.2, 0) is 54.7 Å². The molecule has 6 N–H and O–H groups in total. The molecule has 360 valence electrons. The molecule has 4 aliphatic heterocycles. The number of carbonyl (C=O) groups excluding carboxylic acids is 8. The minimum absolute atomic E-state index is 0.0567. The van der Waals surface area contributed by atoms with Gasteiger partial charge < -0.3 is 51.5 Å². The van der Waals surface area contributed by atoms with E-state index in [0.29, 0.717) is 20.1 Å². The number of hydrogen-bond donors (Lipinski definition) is 6. The quantitative estimate of drug-likeness (QED) is 0.132. The van der Waals surface area contributed by atoms with Crippen LogP contribution in [-0.4, -0.2) is 165 Å². The van der Waals surface area contributed by atoms with Gasteiger partial charge in [0.2, 0.25) is 11.8 Å². The van der Waals surface area contributed by atoms with E-state index in [1.807, 2.05) is 14.1 Å². The number of likely N-dealkylation sites (N-methyl/N-ethyl adjacent to an activating group) is 4. The molecule has 68 heavy (non-hydrogen) atoms. The molecule has 2 saturated heterocycles. The van der Waals surface area contributed by atoms with Crippen LogP contribution in [0.25, 0.3) is 0 Å². The molecule has 4 aromatic rings. The fraction of sp³-hybridized carbons (Fsp3) is 0.429. The van der Waals surface area contributed by atoms with Crippen molar-refractivity contribution < 1.29 is 38.4 Å². The predicted molar refractivity (Wildman–Crippen MR) is 251 cm³/mol. The number of piperidine rings is 2. The zero-order valence-electron chi connectivity index (χ0n) is 37.3. The topological polar surface area (TPSA) is 273 Å². The largest absolute Gasteiger partial charge is 0.344 e. The molecule has 2 fully saturated rings. The Hall–Kier alpha value is -6.18. The number of anilines is 2. The Morgan fingerprint density at radius 1 is 0.574 bits per heavy atom. The second-order valence-electron chi connectivity index (χ2n) is 16.7. The van der Waals surface area contributed by atoms with Crippen LogP contribution in [0.15, 0.2) is 36.7 Å². The number of halogens is 2. The highest BCUT2D eigenvalue weighted by atomic mass is 35.5. The normalized spacial score (nSPS) is 20.4. The Balaban J connectivity index is 0.000000201. The molecule has 22 nitrogen and oxygen atoms in total. The van der Waals surface area contributed by atoms with E-state index in [1.54, 1.807) is 14.1 Å². The molecule has 0 aromatic carbocycles. The zero-order valence-corrected chi connectivity index (χ0v) is 40.4. The van der Waals surface area contributed by atoms with Gasteiger partial charge in [0.15, 0.2) is 10.0 Å². The lowest BCUT2D eigenvalue weighted by Crippen LogP contribution is -2.62. The number of aromatic nitrogens is 4. The van der Waals surface area contributed by atoms with Crippen molar-refractivity contribution in [3.63, 3.8) is 0 Å². The van der Waals surface area contributed by atoms with Crippen LogP contribution in [0.4, 0.5) is 11.6 Å². The van der Waals surface area contributed by atoms with Crippen molar-refractivity contribution in [2.45, 2.75) is 62.9 Å². The van der Waals surface area contributed by atoms with Gasteiger partial charge in [-0.1, -0.05) is 23.2 Å². The van der Waals surface area contributed by atoms with Crippen molar-refractivity contribution in [1.29, 1.82) is 0 Å². The van der Waals surface area contributed by atoms with E-state index in [4.69, 9.17) is 23.2 Å². The zero-order chi connectivity index (χ0) is 48.8. The van der Waals surface area contributed by atoms with Gasteiger partial charge in [0.25, 0.3) is 11.8 Å². The number of rotatable bonds is 8. The lowest BCUT2D eigenvalue weighted by molar-refractivity contribution is -0.139. The van der Waals surface area contributed by atoms with E-state index < -0.39 is 47.8 Å². The summed E-state index contributed by atoms with van der Waals surface area (Å²) >= 11 is 14.2. The Bertz CT molecular complexity index is 2420. The number of fused-ring (bicyclic) bond motifs is 2. The number of nitrogens with one attached hydrogen (secondary N) is 6. The third kappa shape index (κ3) is 12.7. The van der Waals surface area contributed by atoms with Crippen LogP contribution < -0.4 is 31.9 Å². The Labute approximate surface area is 407 Å². The van der Waals surface area contributed by atoms with Gasteiger partial charge in [0, 0.05) is 101 Å². The second kappa shape index (κ2) is 21.8. The van der Waals surface area contributed by atoms with E-state index >= 15 is 0 Å². The highest BCUT2D eigenvalue weighted by Crippen LogP contribution is 2.26. The third-order valence-electron chi connectivity index (χ3n) is 11.4. The molecule has 0 radical (unpaired) electrons. The van der Waals surface area contributed by atoms with E-state index in [1.165, 1.54) is 69.1 Å². The molecule has 0 aliphatic carbocycles. The van der Waals surface area contributed by atoms with E-state index in [9.17, 15) is 38.4 Å². The smallest absolute Gasteiger partial charge is 0.314 e. The first kappa shape index (κ1) is 49.7. The first-order chi connectivity index (χ1) is 32.4. The molecule has 8 heterocycles. The van der Waals surface area contributed by atoms with E-state index in [-0.39, 0.29) is 61.2 Å². The SMILES string of the molecule is CN1CCc2nc(C(=O)N[C@@H]3CN(C)C(=O)C[C@@H]3NC(=O)C(=O)Nc3ccc(Cl)cn3)sc2C1.CN1CCc2nc(C(=O)N[C@H]3CN(C)C(=O)C[C@@H]3NC(=O)C(=O)Nc3ccc(Cl)cn3)sc2C1. The van der Waals surface area contributed by atoms with Gasteiger partial charge in [-0.2, -0.15) is 0 Å². The summed E-state index contributed by atoms with van der Waals surface area (Å²) in [5, 5.41) is 17.1. The van der Waals surface area contributed by atoms with E-state index in [0.717, 1.165) is 60.2 Å². The Kier molecular flexibility index (Phi) is 16.0. The van der Waals surface area contributed by atoms with Crippen LogP contribution in [0, 0.1) is 0 Å². The standard InChI is InChI=1S/2C21H24ClN7O4S/c2*1-28-6-5-12-15(10-28)34-21(26-12)20(33)25-14-9-29(2)17(30)7-13(14)24-18(31)19(32)27-16-4-3-11(22)8-23-16/h2*3-4,8,13-14H,5-7,9-10H2,1-2H3,(H,24,31)(H,25,33)(H,23,27,32)/t13-,14+;13-,14-/m00/s1. The first-order valence-electron chi connectivity index (χ1n) is 21.3. The molecule has 8 amide bonds. The van der Waals surface area contributed by atoms with Crippen LogP contribution in [0.5, 0.6) is 0 Å². The fourth-order valence-electron chi connectivity index (χ4n) is 7.63. The summed E-state index contributed by atoms with van der Waals surface area (Å²) in [7, 11) is 7.28. The van der Waals surface area contributed by atoms with Gasteiger partial charge in [0.1, 0.15) is 11.6 Å². The van der Waals surface area contributed by atoms with Crippen LogP contribution in [0.1, 0.15) is 53.6 Å². The summed E-state index contributed by atoms with van der Waals surface area (Å²) in [5.74, 6) is -4.60. The van der Waals surface area contributed by atoms with Gasteiger partial charge in [-0.25, -0.2) is 19.9 Å². The highest BCUT2D eigenvalue weighted by molar-refractivity contribution is 7.14. The lowest BCUT2D eigenvalue weighted by Gasteiger charge is -2.36. The molecule has 0 spiro atoms. The van der Waals surface area contributed by atoms with Gasteiger partial charge in [-0.3, -0.25) is 38.4 Å². The maximum absolute atomic E-state index is 12.9. The van der Waals surface area contributed by atoms with Gasteiger partial charge in [0.05, 0.1) is 45.6 Å². The summed E-state index contributed by atoms with van der Waals surface area (Å²) in [4.78, 5) is 126. The van der Waals surface area contributed by atoms with Crippen molar-refractivity contribution in [3.05, 3.63) is 77.9 Å². The molecule has 0 saturated carbocycles. The van der Waals surface area contributed by atoms with Crippen molar-refractivity contribution in [2.24, 2.45) is 0 Å². The third-order valence-corrected chi connectivity index (χ3v) is 14.0. The summed E-state index contributed by atoms with van der Waals surface area (Å²) in [6.45, 7) is 3.63. The molecular weight excluding hydrogens is 964 g/mol. The molecule has 4 atom stereocenters. The Morgan fingerprint density at radius 2 is 0.971 bits per heavy atom. The molecule has 0 unspecified atom stereocenters. The second-order valence-corrected chi connectivity index (χ2v) is 19.7. The number of likely N-dealkylation sites (tertiary alicyclic amines) is 2. The molecular formula is C42H48Cl2N14O8S2. The molecule has 0 bridgehead atoms. The van der Waals surface area contributed by atoms with Crippen LogP contribution in [0.2, 0.25) is 10.0 Å². The molecule has 8 rings (SSSR count). The average Bonchev–Trinajstić information content (AvgIpc) is 3.93. The van der Waals surface area contributed by atoms with Crippen LogP contribution >= 0.6 is 45.9 Å². The predicted octanol–water partition coefficient (Wildman–Crippen LogP) is 0.527. The number of pyridine rings is 2. The lowest BCUT2D eigenvalue weighted by atomic mass is 9.98. The van der Waals surface area contributed by atoms with Gasteiger partial charge in [-0.15, -0.1) is 22.7 Å². The molecule has 26 heteroatoms. The van der Waals surface area contributed by atoms with E-state index in [2.05, 4.69) is 61.6 Å². The maximum Gasteiger partial charge on any atom is 0.314 e. The van der Waals surface area contributed by atoms with Crippen molar-refractivity contribution in [3.8, 4) is 0 Å². The number of nitrogens with zero attached hydrogens (tertiary/aromatic N) is 8.